The normalized spacial score (nSPS) is 50.8. The highest BCUT2D eigenvalue weighted by molar-refractivity contribution is 5.73. The summed E-state index contributed by atoms with van der Waals surface area (Å²) in [5.41, 5.74) is 0. The van der Waals surface area contributed by atoms with Crippen molar-refractivity contribution in [2.45, 2.75) is 259 Å². The summed E-state index contributed by atoms with van der Waals surface area (Å²) in [6.45, 7) is -6.26. The fourth-order valence-electron chi connectivity index (χ4n) is 12.1. The highest BCUT2D eigenvalue weighted by Crippen LogP contribution is 2.38. The Morgan fingerprint density at radius 3 is 1.02 bits per heavy atom. The van der Waals surface area contributed by atoms with Crippen LogP contribution in [0.15, 0.2) is 0 Å². The van der Waals surface area contributed by atoms with E-state index < -0.39 is 310 Å². The molecule has 0 bridgehead atoms. The van der Waals surface area contributed by atoms with Crippen molar-refractivity contribution < 1.29 is 203 Å². The van der Waals surface area contributed by atoms with Gasteiger partial charge in [0.05, 0.1) is 52.9 Å². The van der Waals surface area contributed by atoms with Gasteiger partial charge in [-0.1, -0.05) is 0 Å². The van der Waals surface area contributed by atoms with Crippen LogP contribution in [0.1, 0.15) is 13.8 Å². The lowest BCUT2D eigenvalue weighted by atomic mass is 9.94. The first-order chi connectivity index (χ1) is 44.9. The van der Waals surface area contributed by atoms with Crippen molar-refractivity contribution in [3.8, 4) is 0 Å². The molecule has 2 amide bonds. The zero-order chi connectivity index (χ0) is 69.9. The number of carbonyl (C=O) groups excluding carboxylic acids is 2. The van der Waals surface area contributed by atoms with Crippen molar-refractivity contribution in [3.05, 3.63) is 0 Å². The second kappa shape index (κ2) is 33.9. The summed E-state index contributed by atoms with van der Waals surface area (Å²) >= 11 is 0. The molecule has 0 aromatic carbocycles. The summed E-state index contributed by atoms with van der Waals surface area (Å²) in [5.74, 6) is -1.68. The van der Waals surface area contributed by atoms with E-state index in [0.29, 0.717) is 0 Å². The van der Waals surface area contributed by atoms with Gasteiger partial charge in [0.25, 0.3) is 0 Å². The van der Waals surface area contributed by atoms with E-state index in [1.165, 1.54) is 0 Å². The van der Waals surface area contributed by atoms with Crippen molar-refractivity contribution in [1.29, 1.82) is 0 Å². The van der Waals surface area contributed by atoms with Crippen LogP contribution in [-0.4, -0.2) is 433 Å². The highest BCUT2D eigenvalue weighted by Gasteiger charge is 2.59. The molecule has 8 saturated heterocycles. The first-order valence-corrected chi connectivity index (χ1v) is 30.1. The van der Waals surface area contributed by atoms with Gasteiger partial charge in [0.2, 0.25) is 11.8 Å². The molecule has 552 valence electrons. The topological polar surface area (TPSA) is 682 Å². The predicted molar refractivity (Wildman–Crippen MR) is 288 cm³/mol. The van der Waals surface area contributed by atoms with Crippen LogP contribution in [0.5, 0.6) is 0 Å². The van der Waals surface area contributed by atoms with Crippen LogP contribution in [-0.2, 0) is 80.6 Å². The van der Waals surface area contributed by atoms with Crippen LogP contribution in [0.25, 0.3) is 0 Å². The average molecular weight is 1400 g/mol. The molecule has 0 saturated carbocycles. The molecule has 0 aromatic heterocycles. The minimum atomic E-state index is -2.49. The van der Waals surface area contributed by atoms with E-state index in [1.54, 1.807) is 0 Å². The van der Waals surface area contributed by atoms with Gasteiger partial charge in [-0.3, -0.25) is 9.59 Å². The Morgan fingerprint density at radius 1 is 0.274 bits per heavy atom. The summed E-state index contributed by atoms with van der Waals surface area (Å²) < 4.78 is 86.6. The number of aliphatic hydroxyl groups is 24. The molecule has 43 heteroatoms. The van der Waals surface area contributed by atoms with Crippen molar-refractivity contribution in [1.82, 2.24) is 10.6 Å². The molecule has 0 aromatic rings. The molecule has 8 aliphatic rings. The zero-order valence-corrected chi connectivity index (χ0v) is 50.4. The minimum Gasteiger partial charge on any atom is -0.394 e. The molecule has 95 heavy (non-hydrogen) atoms. The third-order valence-electron chi connectivity index (χ3n) is 17.4. The molecule has 8 fully saturated rings. The summed E-state index contributed by atoms with van der Waals surface area (Å²) in [6.07, 6.45) is -77.9. The lowest BCUT2D eigenvalue weighted by Crippen LogP contribution is -2.70. The molecule has 0 unspecified atom stereocenters. The fourth-order valence-corrected chi connectivity index (χ4v) is 12.1. The largest absolute Gasteiger partial charge is 0.394 e. The average Bonchev–Trinajstić information content (AvgIpc) is 0.779. The van der Waals surface area contributed by atoms with Crippen molar-refractivity contribution in [3.63, 3.8) is 0 Å². The molecule has 0 aliphatic carbocycles. The number of aliphatic hydroxyl groups excluding tert-OH is 24. The van der Waals surface area contributed by atoms with E-state index in [1.807, 2.05) is 0 Å². The Balaban J connectivity index is 1.12. The van der Waals surface area contributed by atoms with Gasteiger partial charge < -0.3 is 204 Å². The van der Waals surface area contributed by atoms with Crippen LogP contribution in [0, 0.1) is 0 Å². The monoisotopic (exact) mass is 1400 g/mol. The number of amides is 2. The number of ether oxygens (including phenoxy) is 15. The Hall–Kier alpha value is -2.62. The van der Waals surface area contributed by atoms with E-state index >= 15 is 0 Å². The molecule has 8 rings (SSSR count). The van der Waals surface area contributed by atoms with Gasteiger partial charge in [-0.25, -0.2) is 0 Å². The number of carbonyl (C=O) groups is 2. The Kier molecular flexibility index (Phi) is 27.9. The molecule has 0 radical (unpaired) electrons. The van der Waals surface area contributed by atoms with Crippen LogP contribution in [0.4, 0.5) is 0 Å². The predicted octanol–water partition coefficient (Wildman–Crippen LogP) is -18.2. The molecule has 8 heterocycles. The first-order valence-electron chi connectivity index (χ1n) is 30.1. The fraction of sp³-hybridized carbons (Fsp3) is 0.962. The van der Waals surface area contributed by atoms with E-state index in [0.717, 1.165) is 13.8 Å². The summed E-state index contributed by atoms with van der Waals surface area (Å²) in [6, 6.07) is -3.49. The molecule has 26 N–H and O–H groups in total. The van der Waals surface area contributed by atoms with Crippen LogP contribution in [0.2, 0.25) is 0 Å². The lowest BCUT2D eigenvalue weighted by Gasteiger charge is -2.50. The second-order valence-electron chi connectivity index (χ2n) is 23.9. The lowest BCUT2D eigenvalue weighted by molar-refractivity contribution is -0.399. The Bertz CT molecular complexity index is 2380. The maximum absolute atomic E-state index is 12.8. The van der Waals surface area contributed by atoms with Crippen molar-refractivity contribution in [2.24, 2.45) is 0 Å². The van der Waals surface area contributed by atoms with Gasteiger partial charge in [0, 0.05) is 13.8 Å². The molecular weight excluding hydrogens is 1310 g/mol. The molecule has 8 aliphatic heterocycles. The minimum absolute atomic E-state index is 0.766. The summed E-state index contributed by atoms with van der Waals surface area (Å²) in [7, 11) is 0. The van der Waals surface area contributed by atoms with Gasteiger partial charge in [-0.05, 0) is 0 Å². The number of hydrogen-bond donors (Lipinski definition) is 26. The molecule has 43 nitrogen and oxygen atoms in total. The van der Waals surface area contributed by atoms with E-state index in [2.05, 4.69) is 10.6 Å². The smallest absolute Gasteiger partial charge is 0.217 e. The third kappa shape index (κ3) is 17.0. The maximum atomic E-state index is 12.8. The van der Waals surface area contributed by atoms with E-state index in [-0.39, 0.29) is 0 Å². The second-order valence-corrected chi connectivity index (χ2v) is 23.9. The molecular formula is C52H88N2O41. The van der Waals surface area contributed by atoms with Gasteiger partial charge in [-0.15, -0.1) is 0 Å². The van der Waals surface area contributed by atoms with Crippen LogP contribution >= 0.6 is 0 Å². The van der Waals surface area contributed by atoms with Crippen LogP contribution < -0.4 is 10.6 Å². The zero-order valence-electron chi connectivity index (χ0n) is 50.4. The maximum Gasteiger partial charge on any atom is 0.217 e. The van der Waals surface area contributed by atoms with Crippen LogP contribution in [0.3, 0.4) is 0 Å². The highest BCUT2D eigenvalue weighted by atomic mass is 16.8. The molecule has 0 spiro atoms. The summed E-state index contributed by atoms with van der Waals surface area (Å²) in [4.78, 5) is 24.9. The SMILES string of the molecule is CC(=O)N[C@@H]1[C@@H](O)[C@H](O[C@@H]2O[C@H](CO)[C@@H](O[C@@H]3O[C@H](CO[C@H]4O[C@H](CO[C@H]5O[C@H](CO)[C@@H](O)[C@H](O)[C@@H]5O)[C@@H](O)[C@H](O[C@H]5O[C@H](CO)[C@@H](O)[C@H](O)[C@@H]5O)[C@@H]4O)[C@@H](O)[C@H](O[C@H]4O[C@H](CO)[C@@H](O)[C@H](O)[C@@H]4O[C@H]4O[C@H](CO)[C@@H](O)[C@H](O)[C@@H]4O)[C@@H]3O)[C@H](O)[C@H]2NC(C)=O)[C@@H](CO)O[C@H]1O. The number of nitrogens with one attached hydrogen (secondary N) is 2. The quantitative estimate of drug-likeness (QED) is 0.0427. The third-order valence-corrected chi connectivity index (χ3v) is 17.4. The van der Waals surface area contributed by atoms with Gasteiger partial charge in [-0.2, -0.15) is 0 Å². The van der Waals surface area contributed by atoms with E-state index in [9.17, 15) is 132 Å². The van der Waals surface area contributed by atoms with E-state index in [4.69, 9.17) is 71.1 Å². The molecule has 40 atom stereocenters. The number of hydrogen-bond acceptors (Lipinski definition) is 41. The van der Waals surface area contributed by atoms with Crippen molar-refractivity contribution in [2.75, 3.05) is 52.9 Å². The standard InChI is InChI=1S/C52H88N2O41/c1-11(61)53-21-29(69)40(17(7-59)83-45(21)80)91-46-22(54-12(2)62)30(70)41(18(8-60)88-46)92-51-39(79)43(94-52-44(34(74)26(66)16(6-58)87-52)95-50-37(77)33(73)25(65)15(5-57)86-50)28(68)20(90-51)10-82-48-38(78)42(93-49-36(76)32(72)24(64)14(4-56)85-49)27(67)19(89-48)9-81-47-35(75)31(71)23(63)13(3-55)84-47/h13-52,55-60,63-80H,3-10H2,1-2H3,(H,53,61)(H,54,62)/t13-,14-,15-,16-,17-,18-,19-,20-,21-,22-,23-,24-,25-,26-,27-,28-,29-,30-,31+,32+,33+,34+,35+,36+,37+,38+,39+,40-,41-,42+,43+,44+,45-,46+,47+,48+,49-,50-,51+,52-/m1/s1. The number of rotatable bonds is 24. The van der Waals surface area contributed by atoms with Gasteiger partial charge in [0.15, 0.2) is 50.3 Å². The van der Waals surface area contributed by atoms with Crippen molar-refractivity contribution >= 4 is 11.8 Å². The first kappa shape index (κ1) is 78.1. The Morgan fingerprint density at radius 2 is 0.568 bits per heavy atom. The van der Waals surface area contributed by atoms with Gasteiger partial charge in [0.1, 0.15) is 195 Å². The summed E-state index contributed by atoms with van der Waals surface area (Å²) in [5, 5.41) is 266. The Labute approximate surface area is 536 Å². The van der Waals surface area contributed by atoms with Gasteiger partial charge >= 0.3 is 0 Å².